The number of thiazole rings is 1. The maximum absolute atomic E-state index is 11.8. The lowest BCUT2D eigenvalue weighted by Crippen LogP contribution is -2.10. The number of hydrogen-bond donors (Lipinski definition) is 1. The minimum atomic E-state index is -0.292. The van der Waals surface area contributed by atoms with Crippen molar-refractivity contribution in [2.45, 2.75) is 19.2 Å². The van der Waals surface area contributed by atoms with Crippen molar-refractivity contribution >= 4 is 34.0 Å². The molecule has 1 amide bonds. The lowest BCUT2D eigenvalue weighted by Gasteiger charge is -1.97. The summed E-state index contributed by atoms with van der Waals surface area (Å²) in [7, 11) is 0. The average Bonchev–Trinajstić information content (AvgIpc) is 2.96. The molecule has 0 fully saturated rings. The highest BCUT2D eigenvalue weighted by molar-refractivity contribution is 7.14. The highest BCUT2D eigenvalue weighted by Gasteiger charge is 2.12. The van der Waals surface area contributed by atoms with E-state index in [0.29, 0.717) is 16.8 Å². The first kappa shape index (κ1) is 12.1. The molecule has 2 rings (SSSR count). The molecule has 0 atom stereocenters. The van der Waals surface area contributed by atoms with Crippen molar-refractivity contribution in [1.29, 1.82) is 0 Å². The molecule has 0 saturated heterocycles. The second-order valence-electron chi connectivity index (χ2n) is 3.35. The van der Waals surface area contributed by atoms with Gasteiger partial charge in [-0.1, -0.05) is 6.92 Å². The van der Waals surface area contributed by atoms with Gasteiger partial charge in [-0.25, -0.2) is 4.98 Å². The van der Waals surface area contributed by atoms with E-state index in [4.69, 9.17) is 16.0 Å². The zero-order chi connectivity index (χ0) is 12.3. The van der Waals surface area contributed by atoms with Crippen molar-refractivity contribution in [2.75, 3.05) is 5.32 Å². The van der Waals surface area contributed by atoms with Crippen LogP contribution < -0.4 is 5.32 Å². The molecule has 2 heterocycles. The topological polar surface area (TPSA) is 55.1 Å². The Morgan fingerprint density at radius 3 is 3.00 bits per heavy atom. The Morgan fingerprint density at radius 2 is 2.41 bits per heavy atom. The molecule has 0 aliphatic heterocycles. The summed E-state index contributed by atoms with van der Waals surface area (Å²) in [5.41, 5.74) is 0.751. The summed E-state index contributed by atoms with van der Waals surface area (Å²) in [6.07, 6.45) is 0.765. The van der Waals surface area contributed by atoms with Crippen LogP contribution in [0.25, 0.3) is 0 Å². The van der Waals surface area contributed by atoms with Crippen molar-refractivity contribution < 1.29 is 9.21 Å². The highest BCUT2D eigenvalue weighted by Crippen LogP contribution is 2.18. The third-order valence-electron chi connectivity index (χ3n) is 2.14. The molecule has 0 radical (unpaired) electrons. The standard InChI is InChI=1S/C11H11ClN2O2S/c1-2-8-3-4-9(16-8)10(15)14-11-13-7(5-12)6-17-11/h3-4,6H,2,5H2,1H3,(H,13,14,15). The van der Waals surface area contributed by atoms with Crippen LogP contribution in [0.3, 0.4) is 0 Å². The number of carbonyl (C=O) groups excluding carboxylic acids is 1. The molecule has 1 N–H and O–H groups in total. The lowest BCUT2D eigenvalue weighted by molar-refractivity contribution is 0.0995. The minimum absolute atomic E-state index is 0.292. The smallest absolute Gasteiger partial charge is 0.293 e. The molecule has 90 valence electrons. The van der Waals surface area contributed by atoms with E-state index in [1.807, 2.05) is 12.3 Å². The van der Waals surface area contributed by atoms with Crippen LogP contribution in [0.5, 0.6) is 0 Å². The summed E-state index contributed by atoms with van der Waals surface area (Å²) < 4.78 is 5.34. The fraction of sp³-hybridized carbons (Fsp3) is 0.273. The van der Waals surface area contributed by atoms with Crippen LogP contribution in [0, 0.1) is 0 Å². The maximum Gasteiger partial charge on any atom is 0.293 e. The minimum Gasteiger partial charge on any atom is -0.456 e. The van der Waals surface area contributed by atoms with Gasteiger partial charge in [0.25, 0.3) is 5.91 Å². The number of furan rings is 1. The third-order valence-corrected chi connectivity index (χ3v) is 3.22. The number of aromatic nitrogens is 1. The summed E-state index contributed by atoms with van der Waals surface area (Å²) in [6, 6.07) is 3.45. The second kappa shape index (κ2) is 5.33. The van der Waals surface area contributed by atoms with Gasteiger partial charge in [-0.15, -0.1) is 22.9 Å². The Balaban J connectivity index is 2.05. The Bertz CT molecular complexity index is 521. The van der Waals surface area contributed by atoms with Crippen LogP contribution >= 0.6 is 22.9 Å². The summed E-state index contributed by atoms with van der Waals surface area (Å²) in [4.78, 5) is 15.9. The fourth-order valence-corrected chi connectivity index (χ4v) is 2.21. The number of halogens is 1. The maximum atomic E-state index is 11.8. The number of amides is 1. The number of carbonyl (C=O) groups is 1. The van der Waals surface area contributed by atoms with E-state index in [1.165, 1.54) is 11.3 Å². The molecule has 2 aromatic rings. The van der Waals surface area contributed by atoms with Gasteiger partial charge in [-0.3, -0.25) is 10.1 Å². The highest BCUT2D eigenvalue weighted by atomic mass is 35.5. The number of aryl methyl sites for hydroxylation is 1. The van der Waals surface area contributed by atoms with Crippen molar-refractivity contribution in [3.05, 3.63) is 34.7 Å². The van der Waals surface area contributed by atoms with Crippen LogP contribution in [0.1, 0.15) is 28.9 Å². The van der Waals surface area contributed by atoms with Crippen molar-refractivity contribution in [2.24, 2.45) is 0 Å². The van der Waals surface area contributed by atoms with E-state index in [2.05, 4.69) is 10.3 Å². The molecule has 6 heteroatoms. The largest absolute Gasteiger partial charge is 0.456 e. The molecular formula is C11H11ClN2O2S. The van der Waals surface area contributed by atoms with Gasteiger partial charge in [0.1, 0.15) is 5.76 Å². The molecule has 0 aromatic carbocycles. The molecule has 0 aliphatic carbocycles. The van der Waals surface area contributed by atoms with E-state index in [0.717, 1.165) is 17.9 Å². The molecule has 2 aromatic heterocycles. The first-order valence-electron chi connectivity index (χ1n) is 5.13. The van der Waals surface area contributed by atoms with Crippen LogP contribution in [-0.4, -0.2) is 10.9 Å². The molecule has 0 saturated carbocycles. The molecule has 0 aliphatic rings. The normalized spacial score (nSPS) is 10.5. The Kier molecular flexibility index (Phi) is 3.81. The van der Waals surface area contributed by atoms with Crippen molar-refractivity contribution in [3.63, 3.8) is 0 Å². The zero-order valence-electron chi connectivity index (χ0n) is 9.20. The van der Waals surface area contributed by atoms with Gasteiger partial charge in [-0.2, -0.15) is 0 Å². The van der Waals surface area contributed by atoms with Crippen LogP contribution in [0.4, 0.5) is 5.13 Å². The Morgan fingerprint density at radius 1 is 1.59 bits per heavy atom. The number of anilines is 1. The zero-order valence-corrected chi connectivity index (χ0v) is 10.8. The van der Waals surface area contributed by atoms with Gasteiger partial charge in [0.2, 0.25) is 0 Å². The number of nitrogens with zero attached hydrogens (tertiary/aromatic N) is 1. The van der Waals surface area contributed by atoms with E-state index in [-0.39, 0.29) is 5.91 Å². The molecule has 0 bridgehead atoms. The summed E-state index contributed by atoms with van der Waals surface area (Å²) in [5, 5.41) is 5.00. The van der Waals surface area contributed by atoms with Crippen LogP contribution in [0.15, 0.2) is 21.9 Å². The summed E-state index contributed by atoms with van der Waals surface area (Å²) in [6.45, 7) is 1.97. The lowest BCUT2D eigenvalue weighted by atomic mass is 10.3. The molecule has 17 heavy (non-hydrogen) atoms. The Hall–Kier alpha value is -1.33. The van der Waals surface area contributed by atoms with Crippen molar-refractivity contribution in [1.82, 2.24) is 4.98 Å². The average molecular weight is 271 g/mol. The van der Waals surface area contributed by atoms with Gasteiger partial charge in [0.15, 0.2) is 10.9 Å². The number of hydrogen-bond acceptors (Lipinski definition) is 4. The van der Waals surface area contributed by atoms with Gasteiger partial charge < -0.3 is 4.42 Å². The van der Waals surface area contributed by atoms with E-state index in [1.54, 1.807) is 12.1 Å². The molecule has 0 spiro atoms. The predicted molar refractivity (Wildman–Crippen MR) is 67.7 cm³/mol. The molecule has 0 unspecified atom stereocenters. The van der Waals surface area contributed by atoms with E-state index >= 15 is 0 Å². The first-order valence-corrected chi connectivity index (χ1v) is 6.54. The summed E-state index contributed by atoms with van der Waals surface area (Å²) >= 11 is 6.97. The number of nitrogens with one attached hydrogen (secondary N) is 1. The second-order valence-corrected chi connectivity index (χ2v) is 4.48. The first-order chi connectivity index (χ1) is 8.22. The predicted octanol–water partition coefficient (Wildman–Crippen LogP) is 3.29. The number of rotatable bonds is 4. The van der Waals surface area contributed by atoms with Crippen molar-refractivity contribution in [3.8, 4) is 0 Å². The fourth-order valence-electron chi connectivity index (χ4n) is 1.27. The van der Waals surface area contributed by atoms with E-state index in [9.17, 15) is 4.79 Å². The quantitative estimate of drug-likeness (QED) is 0.868. The van der Waals surface area contributed by atoms with Gasteiger partial charge in [0, 0.05) is 11.8 Å². The van der Waals surface area contributed by atoms with Crippen LogP contribution in [0.2, 0.25) is 0 Å². The van der Waals surface area contributed by atoms with Gasteiger partial charge in [0.05, 0.1) is 11.6 Å². The van der Waals surface area contributed by atoms with Gasteiger partial charge in [-0.05, 0) is 12.1 Å². The van der Waals surface area contributed by atoms with Gasteiger partial charge >= 0.3 is 0 Å². The Labute approximate surface area is 108 Å². The molecule has 4 nitrogen and oxygen atoms in total. The summed E-state index contributed by atoms with van der Waals surface area (Å²) in [5.74, 6) is 1.13. The third kappa shape index (κ3) is 2.87. The molecular weight excluding hydrogens is 260 g/mol. The monoisotopic (exact) mass is 270 g/mol. The number of alkyl halides is 1. The van der Waals surface area contributed by atoms with Crippen LogP contribution in [-0.2, 0) is 12.3 Å². The SMILES string of the molecule is CCc1ccc(C(=O)Nc2nc(CCl)cs2)o1. The van der Waals surface area contributed by atoms with E-state index < -0.39 is 0 Å².